The highest BCUT2D eigenvalue weighted by molar-refractivity contribution is 6.12. The number of fused-ring (bicyclic) bond motifs is 2. The number of anilines is 3. The Kier molecular flexibility index (Phi) is 7.34. The number of methoxy groups -OCH3 is 1. The van der Waals surface area contributed by atoms with Crippen molar-refractivity contribution >= 4 is 34.6 Å². The number of hydrogen-bond donors (Lipinski definition) is 3. The molecule has 3 N–H and O–H groups in total. The molecule has 1 aliphatic heterocycles. The monoisotopic (exact) mass is 572 g/mol. The first kappa shape index (κ1) is 28.2. The van der Waals surface area contributed by atoms with Crippen molar-refractivity contribution < 1.29 is 28.0 Å². The topological polar surface area (TPSA) is 123 Å². The molecule has 4 aromatic rings. The van der Waals surface area contributed by atoms with E-state index in [1.165, 1.54) is 19.2 Å². The molecule has 11 heteroatoms. The second kappa shape index (κ2) is 10.9. The number of halogens is 2. The van der Waals surface area contributed by atoms with Crippen molar-refractivity contribution in [2.24, 2.45) is 0 Å². The van der Waals surface area contributed by atoms with Crippen molar-refractivity contribution in [3.8, 4) is 16.9 Å². The average molecular weight is 573 g/mol. The Morgan fingerprint density at radius 2 is 1.67 bits per heavy atom. The largest absolute Gasteiger partial charge is 0.490 e. The van der Waals surface area contributed by atoms with Crippen molar-refractivity contribution in [3.63, 3.8) is 0 Å². The maximum absolute atomic E-state index is 14.0. The van der Waals surface area contributed by atoms with Crippen molar-refractivity contribution in [3.05, 3.63) is 111 Å². The molecule has 0 aliphatic carbocycles. The molecule has 0 aromatic heterocycles. The van der Waals surface area contributed by atoms with Crippen LogP contribution in [0.1, 0.15) is 35.3 Å². The van der Waals surface area contributed by atoms with Crippen molar-refractivity contribution in [1.82, 2.24) is 5.32 Å². The fourth-order valence-electron chi connectivity index (χ4n) is 4.71. The lowest BCUT2D eigenvalue weighted by atomic mass is 9.83. The molecule has 0 fully saturated rings. The van der Waals surface area contributed by atoms with Gasteiger partial charge in [0.2, 0.25) is 5.91 Å². The van der Waals surface area contributed by atoms with E-state index in [4.69, 9.17) is 4.74 Å². The number of nitrogens with one attached hydrogen (secondary N) is 3. The SMILES string of the molecule is COc1cc(-c2ccc3c(c2)Nc2ccc(C(C)(C)C(=O)NCc4ccc(F)cc4F)cc2NC3=O)ccc1[N+](=O)[O-]. The van der Waals surface area contributed by atoms with E-state index in [-0.39, 0.29) is 35.4 Å². The van der Waals surface area contributed by atoms with Gasteiger partial charge in [-0.05, 0) is 73.0 Å². The van der Waals surface area contributed by atoms with Crippen molar-refractivity contribution in [2.75, 3.05) is 17.7 Å². The van der Waals surface area contributed by atoms with Gasteiger partial charge < -0.3 is 20.7 Å². The second-order valence-corrected chi connectivity index (χ2v) is 10.3. The number of carbonyl (C=O) groups is 2. The van der Waals surface area contributed by atoms with Gasteiger partial charge in [-0.15, -0.1) is 0 Å². The molecule has 2 amide bonds. The van der Waals surface area contributed by atoms with Gasteiger partial charge in [-0.3, -0.25) is 19.7 Å². The highest BCUT2D eigenvalue weighted by Crippen LogP contribution is 2.38. The minimum absolute atomic E-state index is 0.115. The zero-order chi connectivity index (χ0) is 30.2. The van der Waals surface area contributed by atoms with Crippen LogP contribution in [0.4, 0.5) is 31.5 Å². The van der Waals surface area contributed by atoms with Crippen LogP contribution in [0.2, 0.25) is 0 Å². The lowest BCUT2D eigenvalue weighted by Crippen LogP contribution is -2.39. The first-order valence-corrected chi connectivity index (χ1v) is 12.9. The smallest absolute Gasteiger partial charge is 0.310 e. The zero-order valence-electron chi connectivity index (χ0n) is 22.9. The van der Waals surface area contributed by atoms with Gasteiger partial charge in [0.25, 0.3) is 5.91 Å². The highest BCUT2D eigenvalue weighted by Gasteiger charge is 2.31. The third-order valence-corrected chi connectivity index (χ3v) is 7.25. The standard InChI is InChI=1S/C31H26F2N4O5/c1-31(2,30(39)34-16-19-4-8-21(32)15-23(19)33)20-7-10-24-26(14-20)36-29(38)22-9-5-17(12-25(22)35-24)18-6-11-27(37(40)41)28(13-18)42-3/h4-15,35H,16H2,1-3H3,(H,34,39)(H,36,38). The molecule has 1 aliphatic rings. The molecule has 5 rings (SSSR count). The molecule has 0 spiro atoms. The van der Waals surface area contributed by atoms with Gasteiger partial charge >= 0.3 is 5.69 Å². The predicted octanol–water partition coefficient (Wildman–Crippen LogP) is 6.45. The number of carbonyl (C=O) groups excluding carboxylic acids is 2. The highest BCUT2D eigenvalue weighted by atomic mass is 19.1. The number of nitro groups is 1. The maximum atomic E-state index is 14.0. The number of hydrogen-bond acceptors (Lipinski definition) is 6. The Hall–Kier alpha value is -5.32. The van der Waals surface area contributed by atoms with E-state index >= 15 is 0 Å². The van der Waals surface area contributed by atoms with Crippen LogP contribution in [0, 0.1) is 21.7 Å². The van der Waals surface area contributed by atoms with E-state index in [0.717, 1.165) is 12.1 Å². The van der Waals surface area contributed by atoms with Gasteiger partial charge in [-0.25, -0.2) is 8.78 Å². The summed E-state index contributed by atoms with van der Waals surface area (Å²) in [6, 6.07) is 18.1. The van der Waals surface area contributed by atoms with E-state index in [0.29, 0.717) is 39.3 Å². The van der Waals surface area contributed by atoms with E-state index < -0.39 is 22.0 Å². The number of benzene rings is 4. The number of amides is 2. The van der Waals surface area contributed by atoms with Gasteiger partial charge in [-0.2, -0.15) is 0 Å². The first-order valence-electron chi connectivity index (χ1n) is 12.9. The molecule has 9 nitrogen and oxygen atoms in total. The van der Waals surface area contributed by atoms with Crippen LogP contribution >= 0.6 is 0 Å². The third kappa shape index (κ3) is 5.36. The Morgan fingerprint density at radius 3 is 2.38 bits per heavy atom. The first-order chi connectivity index (χ1) is 20.0. The quantitative estimate of drug-likeness (QED) is 0.173. The summed E-state index contributed by atoms with van der Waals surface area (Å²) in [5.74, 6) is -2.08. The maximum Gasteiger partial charge on any atom is 0.310 e. The van der Waals surface area contributed by atoms with E-state index in [9.17, 15) is 28.5 Å². The second-order valence-electron chi connectivity index (χ2n) is 10.3. The summed E-state index contributed by atoms with van der Waals surface area (Å²) >= 11 is 0. The van der Waals surface area contributed by atoms with Crippen LogP contribution in [0.15, 0.2) is 72.8 Å². The Bertz CT molecular complexity index is 1760. The van der Waals surface area contributed by atoms with Crippen LogP contribution in [0.3, 0.4) is 0 Å². The molecule has 1 heterocycles. The van der Waals surface area contributed by atoms with Gasteiger partial charge in [0.05, 0.1) is 40.1 Å². The van der Waals surface area contributed by atoms with E-state index in [1.54, 1.807) is 62.4 Å². The number of rotatable bonds is 7. The molecule has 42 heavy (non-hydrogen) atoms. The third-order valence-electron chi connectivity index (χ3n) is 7.25. The molecular weight excluding hydrogens is 546 g/mol. The van der Waals surface area contributed by atoms with E-state index in [1.807, 2.05) is 0 Å². The predicted molar refractivity (Wildman–Crippen MR) is 154 cm³/mol. The molecule has 0 saturated carbocycles. The molecule has 214 valence electrons. The van der Waals surface area contributed by atoms with Crippen LogP contribution < -0.4 is 20.7 Å². The number of nitro benzene ring substituents is 1. The van der Waals surface area contributed by atoms with Gasteiger partial charge in [0.1, 0.15) is 11.6 Å². The lowest BCUT2D eigenvalue weighted by molar-refractivity contribution is -0.385. The van der Waals surface area contributed by atoms with Crippen LogP contribution in [0.25, 0.3) is 11.1 Å². The van der Waals surface area contributed by atoms with Gasteiger partial charge in [0, 0.05) is 24.2 Å². The minimum Gasteiger partial charge on any atom is -0.490 e. The summed E-state index contributed by atoms with van der Waals surface area (Å²) in [5.41, 5.74) is 2.86. The number of ether oxygens (including phenoxy) is 1. The molecule has 0 unspecified atom stereocenters. The molecular formula is C31H26F2N4O5. The Balaban J connectivity index is 1.40. The van der Waals surface area contributed by atoms with Crippen LogP contribution in [-0.2, 0) is 16.8 Å². The molecule has 4 aromatic carbocycles. The zero-order valence-corrected chi connectivity index (χ0v) is 22.9. The van der Waals surface area contributed by atoms with Gasteiger partial charge in [-0.1, -0.05) is 18.2 Å². The summed E-state index contributed by atoms with van der Waals surface area (Å²) in [4.78, 5) is 37.0. The molecule has 0 saturated heterocycles. The number of nitrogens with zero attached hydrogens (tertiary/aromatic N) is 1. The molecule has 0 atom stereocenters. The van der Waals surface area contributed by atoms with Crippen LogP contribution in [-0.4, -0.2) is 23.8 Å². The Morgan fingerprint density at radius 1 is 0.929 bits per heavy atom. The van der Waals surface area contributed by atoms with Crippen molar-refractivity contribution in [2.45, 2.75) is 25.8 Å². The van der Waals surface area contributed by atoms with E-state index in [2.05, 4.69) is 16.0 Å². The van der Waals surface area contributed by atoms with Crippen molar-refractivity contribution in [1.29, 1.82) is 0 Å². The average Bonchev–Trinajstić information content (AvgIpc) is 3.10. The minimum atomic E-state index is -1.06. The normalized spacial score (nSPS) is 12.3. The lowest BCUT2D eigenvalue weighted by Gasteiger charge is -2.25. The molecule has 0 bridgehead atoms. The summed E-state index contributed by atoms with van der Waals surface area (Å²) in [6.45, 7) is 3.29. The summed E-state index contributed by atoms with van der Waals surface area (Å²) in [5, 5.41) is 20.1. The Labute approximate surface area is 239 Å². The fraction of sp³-hybridized carbons (Fsp3) is 0.161. The summed E-state index contributed by atoms with van der Waals surface area (Å²) < 4.78 is 32.4. The van der Waals surface area contributed by atoms with Crippen LogP contribution in [0.5, 0.6) is 5.75 Å². The summed E-state index contributed by atoms with van der Waals surface area (Å²) in [7, 11) is 1.36. The fourth-order valence-corrected chi connectivity index (χ4v) is 4.71. The molecule has 0 radical (unpaired) electrons. The summed E-state index contributed by atoms with van der Waals surface area (Å²) in [6.07, 6.45) is 0. The van der Waals surface area contributed by atoms with Gasteiger partial charge in [0.15, 0.2) is 5.75 Å².